The van der Waals surface area contributed by atoms with E-state index in [1.54, 1.807) is 4.90 Å². The zero-order valence-electron chi connectivity index (χ0n) is 11.1. The van der Waals surface area contributed by atoms with E-state index < -0.39 is 12.7 Å². The molecule has 5 heteroatoms. The Morgan fingerprint density at radius 2 is 1.94 bits per heavy atom. The maximum Gasteiger partial charge on any atom is 0.401 e. The van der Waals surface area contributed by atoms with E-state index in [1.165, 1.54) is 0 Å². The minimum Gasteiger partial charge on any atom is -0.311 e. The van der Waals surface area contributed by atoms with E-state index in [0.717, 1.165) is 25.8 Å². The summed E-state index contributed by atoms with van der Waals surface area (Å²) in [5.41, 5.74) is 0. The molecule has 0 amide bonds. The van der Waals surface area contributed by atoms with E-state index in [4.69, 9.17) is 0 Å². The molecule has 1 N–H and O–H groups in total. The predicted octanol–water partition coefficient (Wildman–Crippen LogP) is 2.65. The number of halogens is 3. The van der Waals surface area contributed by atoms with E-state index in [-0.39, 0.29) is 12.1 Å². The second-order valence-electron chi connectivity index (χ2n) is 6.18. The Morgan fingerprint density at radius 3 is 2.44 bits per heavy atom. The van der Waals surface area contributed by atoms with Crippen molar-refractivity contribution in [1.82, 2.24) is 10.2 Å². The molecule has 1 saturated heterocycles. The monoisotopic (exact) mass is 264 g/mol. The van der Waals surface area contributed by atoms with Crippen LogP contribution in [0, 0.1) is 11.8 Å². The van der Waals surface area contributed by atoms with Gasteiger partial charge < -0.3 is 5.32 Å². The number of alkyl halides is 3. The van der Waals surface area contributed by atoms with Crippen LogP contribution in [0.4, 0.5) is 13.2 Å². The Bertz CT molecular complexity index is 274. The average Bonchev–Trinajstić information content (AvgIpc) is 2.97. The summed E-state index contributed by atoms with van der Waals surface area (Å²) >= 11 is 0. The third kappa shape index (κ3) is 4.12. The predicted molar refractivity (Wildman–Crippen MR) is 65.4 cm³/mol. The van der Waals surface area contributed by atoms with Gasteiger partial charge in [0.15, 0.2) is 0 Å². The summed E-state index contributed by atoms with van der Waals surface area (Å²) in [6.07, 6.45) is -0.941. The van der Waals surface area contributed by atoms with Gasteiger partial charge in [-0.3, -0.25) is 4.90 Å². The van der Waals surface area contributed by atoms with Gasteiger partial charge in [0.2, 0.25) is 0 Å². The molecule has 2 rings (SSSR count). The van der Waals surface area contributed by atoms with Crippen LogP contribution in [-0.2, 0) is 0 Å². The van der Waals surface area contributed by atoms with Crippen LogP contribution >= 0.6 is 0 Å². The van der Waals surface area contributed by atoms with Crippen molar-refractivity contribution in [3.63, 3.8) is 0 Å². The molecule has 18 heavy (non-hydrogen) atoms. The molecule has 2 aliphatic rings. The van der Waals surface area contributed by atoms with Crippen molar-refractivity contribution in [3.8, 4) is 0 Å². The maximum atomic E-state index is 12.6. The lowest BCUT2D eigenvalue weighted by atomic mass is 9.98. The van der Waals surface area contributed by atoms with Crippen molar-refractivity contribution < 1.29 is 13.2 Å². The van der Waals surface area contributed by atoms with Crippen LogP contribution in [0.15, 0.2) is 0 Å². The van der Waals surface area contributed by atoms with Crippen LogP contribution in [0.1, 0.15) is 33.1 Å². The Balaban J connectivity index is 1.94. The molecule has 2 fully saturated rings. The van der Waals surface area contributed by atoms with E-state index in [1.807, 2.05) is 0 Å². The molecule has 2 nitrogen and oxygen atoms in total. The Labute approximate surface area is 107 Å². The molecule has 0 aromatic carbocycles. The zero-order valence-corrected chi connectivity index (χ0v) is 11.1. The van der Waals surface area contributed by atoms with Crippen molar-refractivity contribution >= 4 is 0 Å². The standard InChI is InChI=1S/C13H23F3N2/c1-9(2)5-11-7-18(8-13(14,15)16)12(6-17-11)10-3-4-10/h9-12,17H,3-8H2,1-2H3. The van der Waals surface area contributed by atoms with Gasteiger partial charge in [0.1, 0.15) is 0 Å². The lowest BCUT2D eigenvalue weighted by molar-refractivity contribution is -0.155. The van der Waals surface area contributed by atoms with Gasteiger partial charge in [-0.2, -0.15) is 13.2 Å². The van der Waals surface area contributed by atoms with Crippen molar-refractivity contribution in [2.24, 2.45) is 11.8 Å². The van der Waals surface area contributed by atoms with E-state index in [0.29, 0.717) is 18.4 Å². The first-order chi connectivity index (χ1) is 8.35. The van der Waals surface area contributed by atoms with Crippen molar-refractivity contribution in [3.05, 3.63) is 0 Å². The summed E-state index contributed by atoms with van der Waals surface area (Å²) in [7, 11) is 0. The SMILES string of the molecule is CC(C)CC1CN(CC(F)(F)F)C(C2CC2)CN1. The fourth-order valence-electron chi connectivity index (χ4n) is 2.98. The highest BCUT2D eigenvalue weighted by Crippen LogP contribution is 2.37. The Hall–Kier alpha value is -0.290. The number of nitrogens with zero attached hydrogens (tertiary/aromatic N) is 1. The fraction of sp³-hybridized carbons (Fsp3) is 1.00. The summed E-state index contributed by atoms with van der Waals surface area (Å²) in [5.74, 6) is 1.01. The molecular weight excluding hydrogens is 241 g/mol. The summed E-state index contributed by atoms with van der Waals surface area (Å²) in [4.78, 5) is 1.67. The summed E-state index contributed by atoms with van der Waals surface area (Å²) in [5, 5.41) is 3.43. The Morgan fingerprint density at radius 1 is 1.28 bits per heavy atom. The third-order valence-electron chi connectivity index (χ3n) is 3.84. The number of hydrogen-bond acceptors (Lipinski definition) is 2. The largest absolute Gasteiger partial charge is 0.401 e. The molecule has 0 aromatic heterocycles. The fourth-order valence-corrected chi connectivity index (χ4v) is 2.98. The zero-order chi connectivity index (χ0) is 13.3. The van der Waals surface area contributed by atoms with Gasteiger partial charge in [0.05, 0.1) is 6.54 Å². The molecule has 2 unspecified atom stereocenters. The minimum absolute atomic E-state index is 0.0926. The van der Waals surface area contributed by atoms with Gasteiger partial charge in [-0.1, -0.05) is 13.8 Å². The quantitative estimate of drug-likeness (QED) is 0.839. The second kappa shape index (κ2) is 5.37. The third-order valence-corrected chi connectivity index (χ3v) is 3.84. The van der Waals surface area contributed by atoms with Gasteiger partial charge in [-0.15, -0.1) is 0 Å². The first-order valence-electron chi connectivity index (χ1n) is 6.89. The first-order valence-corrected chi connectivity index (χ1v) is 6.89. The van der Waals surface area contributed by atoms with Gasteiger partial charge in [0.25, 0.3) is 0 Å². The van der Waals surface area contributed by atoms with Gasteiger partial charge in [-0.05, 0) is 31.1 Å². The van der Waals surface area contributed by atoms with Crippen molar-refractivity contribution in [2.45, 2.75) is 51.4 Å². The molecule has 0 spiro atoms. The van der Waals surface area contributed by atoms with Gasteiger partial charge in [-0.25, -0.2) is 0 Å². The number of piperazine rings is 1. The smallest absolute Gasteiger partial charge is 0.311 e. The van der Waals surface area contributed by atoms with E-state index in [2.05, 4.69) is 19.2 Å². The normalized spacial score (nSPS) is 31.0. The van der Waals surface area contributed by atoms with Gasteiger partial charge >= 0.3 is 6.18 Å². The molecule has 106 valence electrons. The molecule has 1 aliphatic carbocycles. The van der Waals surface area contributed by atoms with E-state index in [9.17, 15) is 13.2 Å². The molecule has 0 bridgehead atoms. The van der Waals surface area contributed by atoms with Gasteiger partial charge in [0, 0.05) is 25.2 Å². The summed E-state index contributed by atoms with van der Waals surface area (Å²) in [6, 6.07) is 0.303. The highest BCUT2D eigenvalue weighted by molar-refractivity contribution is 4.95. The molecule has 0 radical (unpaired) electrons. The van der Waals surface area contributed by atoms with Crippen LogP contribution in [-0.4, -0.2) is 42.8 Å². The molecule has 1 heterocycles. The Kier molecular flexibility index (Phi) is 4.22. The van der Waals surface area contributed by atoms with Crippen LogP contribution in [0.2, 0.25) is 0 Å². The van der Waals surface area contributed by atoms with Crippen molar-refractivity contribution in [2.75, 3.05) is 19.6 Å². The molecular formula is C13H23F3N2. The van der Waals surface area contributed by atoms with Crippen LogP contribution in [0.25, 0.3) is 0 Å². The number of nitrogens with one attached hydrogen (secondary N) is 1. The number of hydrogen-bond donors (Lipinski definition) is 1. The highest BCUT2D eigenvalue weighted by atomic mass is 19.4. The maximum absolute atomic E-state index is 12.6. The minimum atomic E-state index is -4.08. The first kappa shape index (κ1) is 14.1. The average molecular weight is 264 g/mol. The van der Waals surface area contributed by atoms with Crippen LogP contribution in [0.3, 0.4) is 0 Å². The van der Waals surface area contributed by atoms with Crippen LogP contribution < -0.4 is 5.32 Å². The lowest BCUT2D eigenvalue weighted by Crippen LogP contribution is -2.59. The topological polar surface area (TPSA) is 15.3 Å². The number of rotatable bonds is 4. The highest BCUT2D eigenvalue weighted by Gasteiger charge is 2.42. The van der Waals surface area contributed by atoms with E-state index >= 15 is 0 Å². The van der Waals surface area contributed by atoms with Crippen molar-refractivity contribution in [1.29, 1.82) is 0 Å². The summed E-state index contributed by atoms with van der Waals surface area (Å²) in [6.45, 7) is 4.74. The molecule has 1 aliphatic heterocycles. The molecule has 1 saturated carbocycles. The van der Waals surface area contributed by atoms with Crippen LogP contribution in [0.5, 0.6) is 0 Å². The second-order valence-corrected chi connectivity index (χ2v) is 6.18. The lowest BCUT2D eigenvalue weighted by Gasteiger charge is -2.41. The molecule has 2 atom stereocenters. The molecule has 0 aromatic rings. The summed E-state index contributed by atoms with van der Waals surface area (Å²) < 4.78 is 37.9.